The van der Waals surface area contributed by atoms with Crippen molar-refractivity contribution in [1.82, 2.24) is 4.90 Å². The summed E-state index contributed by atoms with van der Waals surface area (Å²) in [7, 11) is 2.26. The topological polar surface area (TPSA) is 29.3 Å². The summed E-state index contributed by atoms with van der Waals surface area (Å²) < 4.78 is 0. The second kappa shape index (κ2) is 5.84. The summed E-state index contributed by atoms with van der Waals surface area (Å²) in [6, 6.07) is 7.29. The average Bonchev–Trinajstić information content (AvgIpc) is 2.65. The van der Waals surface area contributed by atoms with Crippen LogP contribution in [-0.4, -0.2) is 30.1 Å². The van der Waals surface area contributed by atoms with Gasteiger partial charge < -0.3 is 10.6 Å². The molecule has 2 fully saturated rings. The highest BCUT2D eigenvalue weighted by Crippen LogP contribution is 2.39. The van der Waals surface area contributed by atoms with Crippen molar-refractivity contribution >= 4 is 23.2 Å². The lowest BCUT2D eigenvalue weighted by Crippen LogP contribution is -2.46. The van der Waals surface area contributed by atoms with E-state index >= 15 is 0 Å². The molecule has 0 amide bonds. The first-order valence-electron chi connectivity index (χ1n) is 7.46. The molecule has 2 saturated heterocycles. The van der Waals surface area contributed by atoms with Crippen molar-refractivity contribution in [3.05, 3.63) is 33.8 Å². The van der Waals surface area contributed by atoms with Gasteiger partial charge in [-0.3, -0.25) is 0 Å². The maximum absolute atomic E-state index is 6.48. The van der Waals surface area contributed by atoms with E-state index in [1.165, 1.54) is 25.7 Å². The quantitative estimate of drug-likeness (QED) is 0.921. The van der Waals surface area contributed by atoms with Gasteiger partial charge in [0.2, 0.25) is 0 Å². The molecule has 20 heavy (non-hydrogen) atoms. The molecule has 2 aliphatic rings. The Morgan fingerprint density at radius 3 is 2.30 bits per heavy atom. The fraction of sp³-hybridized carbons (Fsp3) is 0.625. The van der Waals surface area contributed by atoms with Crippen molar-refractivity contribution in [3.8, 4) is 0 Å². The van der Waals surface area contributed by atoms with Gasteiger partial charge in [0.25, 0.3) is 0 Å². The monoisotopic (exact) mass is 312 g/mol. The maximum atomic E-state index is 6.48. The number of hydrogen-bond acceptors (Lipinski definition) is 2. The van der Waals surface area contributed by atoms with Gasteiger partial charge in [0.1, 0.15) is 0 Å². The van der Waals surface area contributed by atoms with E-state index in [0.717, 1.165) is 34.1 Å². The zero-order valence-corrected chi connectivity index (χ0v) is 13.4. The van der Waals surface area contributed by atoms with Crippen LogP contribution in [0.2, 0.25) is 10.0 Å². The van der Waals surface area contributed by atoms with Crippen molar-refractivity contribution in [2.45, 2.75) is 50.2 Å². The molecule has 110 valence electrons. The van der Waals surface area contributed by atoms with Crippen LogP contribution in [0.3, 0.4) is 0 Å². The molecular weight excluding hydrogens is 291 g/mol. The Balaban J connectivity index is 1.70. The van der Waals surface area contributed by atoms with Crippen molar-refractivity contribution in [1.29, 1.82) is 0 Å². The third-order valence-corrected chi connectivity index (χ3v) is 5.95. The van der Waals surface area contributed by atoms with Crippen LogP contribution in [0, 0.1) is 5.92 Å². The van der Waals surface area contributed by atoms with Crippen LogP contribution in [0.4, 0.5) is 0 Å². The molecule has 2 nitrogen and oxygen atoms in total. The molecule has 2 aliphatic heterocycles. The lowest BCUT2D eigenvalue weighted by Gasteiger charge is -2.39. The normalized spacial score (nSPS) is 31.5. The molecule has 1 aromatic carbocycles. The largest absolute Gasteiger partial charge is 0.327 e. The first kappa shape index (κ1) is 14.6. The second-order valence-electron chi connectivity index (χ2n) is 6.35. The Morgan fingerprint density at radius 2 is 1.75 bits per heavy atom. The van der Waals surface area contributed by atoms with Gasteiger partial charge in [0.05, 0.1) is 0 Å². The summed E-state index contributed by atoms with van der Waals surface area (Å²) in [5.74, 6) is 0.594. The van der Waals surface area contributed by atoms with Gasteiger partial charge in [-0.25, -0.2) is 0 Å². The molecule has 3 unspecified atom stereocenters. The highest BCUT2D eigenvalue weighted by Gasteiger charge is 2.40. The molecular formula is C16H22Cl2N2. The summed E-state index contributed by atoms with van der Waals surface area (Å²) in [5.41, 5.74) is 7.49. The second-order valence-corrected chi connectivity index (χ2v) is 7.16. The van der Waals surface area contributed by atoms with Gasteiger partial charge in [-0.2, -0.15) is 0 Å². The Bertz CT molecular complexity index is 457. The number of fused-ring (bicyclic) bond motifs is 2. The smallest absolute Gasteiger partial charge is 0.0453 e. The Morgan fingerprint density at radius 1 is 1.20 bits per heavy atom. The average molecular weight is 313 g/mol. The van der Waals surface area contributed by atoms with Gasteiger partial charge in [-0.1, -0.05) is 29.3 Å². The van der Waals surface area contributed by atoms with Crippen molar-refractivity contribution in [2.75, 3.05) is 7.05 Å². The minimum Gasteiger partial charge on any atom is -0.327 e. The van der Waals surface area contributed by atoms with Crippen LogP contribution in [0.15, 0.2) is 18.2 Å². The van der Waals surface area contributed by atoms with Crippen molar-refractivity contribution in [3.63, 3.8) is 0 Å². The number of nitrogens with two attached hydrogens (primary N) is 1. The van der Waals surface area contributed by atoms with E-state index in [1.807, 2.05) is 18.2 Å². The van der Waals surface area contributed by atoms with E-state index in [-0.39, 0.29) is 6.04 Å². The molecule has 0 spiro atoms. The van der Waals surface area contributed by atoms with Crippen LogP contribution >= 0.6 is 23.2 Å². The van der Waals surface area contributed by atoms with E-state index in [9.17, 15) is 0 Å². The predicted molar refractivity (Wildman–Crippen MR) is 85.4 cm³/mol. The van der Waals surface area contributed by atoms with E-state index in [2.05, 4.69) is 11.9 Å². The van der Waals surface area contributed by atoms with Gasteiger partial charge in [0, 0.05) is 28.2 Å². The Kier molecular flexibility index (Phi) is 4.28. The van der Waals surface area contributed by atoms with E-state index in [1.54, 1.807) is 0 Å². The van der Waals surface area contributed by atoms with Gasteiger partial charge >= 0.3 is 0 Å². The summed E-state index contributed by atoms with van der Waals surface area (Å²) in [5, 5.41) is 1.48. The number of benzene rings is 1. The third-order valence-electron chi connectivity index (χ3n) is 5.24. The molecule has 3 atom stereocenters. The fourth-order valence-corrected chi connectivity index (χ4v) is 4.48. The van der Waals surface area contributed by atoms with Crippen LogP contribution in [0.1, 0.15) is 31.2 Å². The first-order valence-corrected chi connectivity index (χ1v) is 8.22. The van der Waals surface area contributed by atoms with Gasteiger partial charge in [-0.15, -0.1) is 0 Å². The molecule has 3 rings (SSSR count). The molecule has 0 saturated carbocycles. The minimum absolute atomic E-state index is 0.157. The van der Waals surface area contributed by atoms with E-state index in [4.69, 9.17) is 28.9 Å². The molecule has 2 bridgehead atoms. The molecule has 2 heterocycles. The van der Waals surface area contributed by atoms with Gasteiger partial charge in [0.15, 0.2) is 0 Å². The number of nitrogens with zero attached hydrogens (tertiary/aromatic N) is 1. The number of halogens is 2. The van der Waals surface area contributed by atoms with Crippen molar-refractivity contribution in [2.24, 2.45) is 11.7 Å². The summed E-state index contributed by atoms with van der Waals surface area (Å²) in [4.78, 5) is 2.55. The number of hydrogen-bond donors (Lipinski definition) is 1. The zero-order valence-electron chi connectivity index (χ0n) is 11.9. The van der Waals surface area contributed by atoms with Crippen LogP contribution < -0.4 is 5.73 Å². The summed E-state index contributed by atoms with van der Waals surface area (Å²) in [6.45, 7) is 0. The molecule has 4 heteroatoms. The third kappa shape index (κ3) is 2.71. The maximum Gasteiger partial charge on any atom is 0.0453 e. The first-order chi connectivity index (χ1) is 9.56. The molecule has 0 aliphatic carbocycles. The lowest BCUT2D eigenvalue weighted by atomic mass is 9.83. The molecule has 2 N–H and O–H groups in total. The zero-order chi connectivity index (χ0) is 14.3. The summed E-state index contributed by atoms with van der Waals surface area (Å²) in [6.07, 6.45) is 5.88. The predicted octanol–water partition coefficient (Wildman–Crippen LogP) is 3.74. The minimum atomic E-state index is 0.157. The van der Waals surface area contributed by atoms with E-state index in [0.29, 0.717) is 5.92 Å². The molecule has 0 aromatic heterocycles. The molecule has 1 aromatic rings. The summed E-state index contributed by atoms with van der Waals surface area (Å²) >= 11 is 12.5. The SMILES string of the molecule is CN1C2CCC1CC(C(N)Cc1c(Cl)cccc1Cl)C2. The molecule has 0 radical (unpaired) electrons. The Hall–Kier alpha value is -0.280. The van der Waals surface area contributed by atoms with Gasteiger partial charge in [-0.05, 0) is 62.8 Å². The lowest BCUT2D eigenvalue weighted by molar-refractivity contribution is 0.120. The van der Waals surface area contributed by atoms with Crippen molar-refractivity contribution < 1.29 is 0 Å². The fourth-order valence-electron chi connectivity index (χ4n) is 3.93. The van der Waals surface area contributed by atoms with Crippen LogP contribution in [0.25, 0.3) is 0 Å². The van der Waals surface area contributed by atoms with Crippen LogP contribution in [-0.2, 0) is 6.42 Å². The highest BCUT2D eigenvalue weighted by atomic mass is 35.5. The standard InChI is InChI=1S/C16H22Cl2N2/c1-20-11-5-6-12(20)8-10(7-11)16(19)9-13-14(17)3-2-4-15(13)18/h2-4,10-12,16H,5-9,19H2,1H3. The number of piperidine rings is 1. The van der Waals surface area contributed by atoms with E-state index < -0.39 is 0 Å². The van der Waals surface area contributed by atoms with Crippen LogP contribution in [0.5, 0.6) is 0 Å². The highest BCUT2D eigenvalue weighted by molar-refractivity contribution is 6.36. The Labute approximate surface area is 131 Å². The number of rotatable bonds is 3.